The highest BCUT2D eigenvalue weighted by Crippen LogP contribution is 2.55. The fraction of sp³-hybridized carbons (Fsp3) is 0.667. The van der Waals surface area contributed by atoms with Gasteiger partial charge in [0.15, 0.2) is 0 Å². The predicted octanol–water partition coefficient (Wildman–Crippen LogP) is 2.94. The van der Waals surface area contributed by atoms with E-state index in [2.05, 4.69) is 10.0 Å². The first kappa shape index (κ1) is 16.9. The highest BCUT2D eigenvalue weighted by Gasteiger charge is 2.50. The maximum absolute atomic E-state index is 12.2. The molecule has 1 unspecified atom stereocenters. The fourth-order valence-electron chi connectivity index (χ4n) is 3.95. The standard InChI is InChI=1S/C18H28N2O2S/c1-14(2)20-23(21,22)13-16-7-4-3-6-15(16)12-19-17-8-11-18(17)9-5-10-18/h3-4,6-7,14,17,19-20H,5,8-13H2,1-2H3. The van der Waals surface area contributed by atoms with Crippen molar-refractivity contribution in [3.8, 4) is 0 Å². The minimum atomic E-state index is -3.28. The number of hydrogen-bond donors (Lipinski definition) is 2. The number of sulfonamides is 1. The Labute approximate surface area is 140 Å². The van der Waals surface area contributed by atoms with E-state index in [1.807, 2.05) is 38.1 Å². The van der Waals surface area contributed by atoms with Gasteiger partial charge >= 0.3 is 0 Å². The second-order valence-corrected chi connectivity index (χ2v) is 9.24. The Kier molecular flexibility index (Phi) is 4.81. The third-order valence-electron chi connectivity index (χ3n) is 5.44. The molecule has 1 atom stereocenters. The fourth-order valence-corrected chi connectivity index (χ4v) is 5.45. The second-order valence-electron chi connectivity index (χ2n) is 7.49. The summed E-state index contributed by atoms with van der Waals surface area (Å²) in [6.45, 7) is 4.46. The summed E-state index contributed by atoms with van der Waals surface area (Å²) >= 11 is 0. The molecule has 128 valence electrons. The van der Waals surface area contributed by atoms with Gasteiger partial charge in [0, 0.05) is 18.6 Å². The van der Waals surface area contributed by atoms with Crippen molar-refractivity contribution in [1.82, 2.24) is 10.0 Å². The van der Waals surface area contributed by atoms with Gasteiger partial charge in [-0.1, -0.05) is 30.7 Å². The van der Waals surface area contributed by atoms with Gasteiger partial charge in [0.2, 0.25) is 10.0 Å². The summed E-state index contributed by atoms with van der Waals surface area (Å²) < 4.78 is 27.1. The molecule has 0 heterocycles. The molecule has 2 aliphatic carbocycles. The molecule has 0 radical (unpaired) electrons. The highest BCUT2D eigenvalue weighted by molar-refractivity contribution is 7.88. The summed E-state index contributed by atoms with van der Waals surface area (Å²) in [5.74, 6) is 0.0544. The molecule has 0 bridgehead atoms. The van der Waals surface area contributed by atoms with Gasteiger partial charge in [-0.2, -0.15) is 0 Å². The molecule has 1 aromatic carbocycles. The van der Waals surface area contributed by atoms with Crippen molar-refractivity contribution in [2.45, 2.75) is 70.3 Å². The van der Waals surface area contributed by atoms with E-state index in [0.717, 1.165) is 17.7 Å². The molecule has 0 aromatic heterocycles. The Bertz CT molecular complexity index is 645. The van der Waals surface area contributed by atoms with Crippen molar-refractivity contribution in [3.05, 3.63) is 35.4 Å². The minimum Gasteiger partial charge on any atom is -0.309 e. The zero-order chi connectivity index (χ0) is 16.5. The molecule has 2 saturated carbocycles. The van der Waals surface area contributed by atoms with E-state index in [4.69, 9.17) is 0 Å². The van der Waals surface area contributed by atoms with E-state index in [1.54, 1.807) is 0 Å². The Balaban J connectivity index is 1.64. The topological polar surface area (TPSA) is 58.2 Å². The van der Waals surface area contributed by atoms with Crippen LogP contribution in [0.4, 0.5) is 0 Å². The smallest absolute Gasteiger partial charge is 0.216 e. The van der Waals surface area contributed by atoms with Crippen molar-refractivity contribution >= 4 is 10.0 Å². The van der Waals surface area contributed by atoms with Gasteiger partial charge < -0.3 is 5.32 Å². The lowest BCUT2D eigenvalue weighted by Crippen LogP contribution is -2.56. The first-order valence-electron chi connectivity index (χ1n) is 8.70. The van der Waals surface area contributed by atoms with E-state index in [9.17, 15) is 8.42 Å². The van der Waals surface area contributed by atoms with Crippen LogP contribution >= 0.6 is 0 Å². The van der Waals surface area contributed by atoms with Crippen molar-refractivity contribution in [2.24, 2.45) is 5.41 Å². The number of hydrogen-bond acceptors (Lipinski definition) is 3. The predicted molar refractivity (Wildman–Crippen MR) is 93.5 cm³/mol. The third kappa shape index (κ3) is 3.78. The molecule has 1 spiro atoms. The summed E-state index contributed by atoms with van der Waals surface area (Å²) in [6.07, 6.45) is 6.71. The van der Waals surface area contributed by atoms with Crippen LogP contribution in [0.1, 0.15) is 57.1 Å². The Morgan fingerprint density at radius 2 is 1.87 bits per heavy atom. The number of benzene rings is 1. The average molecular weight is 337 g/mol. The SMILES string of the molecule is CC(C)NS(=O)(=O)Cc1ccccc1CNC1CCC12CCC2. The van der Waals surface area contributed by atoms with Gasteiger partial charge in [-0.3, -0.25) is 0 Å². The molecular formula is C18H28N2O2S. The quantitative estimate of drug-likeness (QED) is 0.805. The average Bonchev–Trinajstić information content (AvgIpc) is 2.35. The van der Waals surface area contributed by atoms with Crippen LogP contribution in [0, 0.1) is 5.41 Å². The Morgan fingerprint density at radius 3 is 2.39 bits per heavy atom. The van der Waals surface area contributed by atoms with Crippen molar-refractivity contribution in [3.63, 3.8) is 0 Å². The summed E-state index contributed by atoms with van der Waals surface area (Å²) in [6, 6.07) is 8.42. The summed E-state index contributed by atoms with van der Waals surface area (Å²) in [4.78, 5) is 0. The third-order valence-corrected chi connectivity index (χ3v) is 6.96. The number of nitrogens with one attached hydrogen (secondary N) is 2. The Morgan fingerprint density at radius 1 is 1.17 bits per heavy atom. The van der Waals surface area contributed by atoms with E-state index < -0.39 is 10.0 Å². The molecule has 0 saturated heterocycles. The lowest BCUT2D eigenvalue weighted by atomic mass is 9.53. The van der Waals surface area contributed by atoms with Crippen LogP contribution in [-0.4, -0.2) is 20.5 Å². The van der Waals surface area contributed by atoms with Crippen LogP contribution in [0.25, 0.3) is 0 Å². The van der Waals surface area contributed by atoms with Crippen molar-refractivity contribution < 1.29 is 8.42 Å². The molecule has 23 heavy (non-hydrogen) atoms. The first-order valence-corrected chi connectivity index (χ1v) is 10.4. The van der Waals surface area contributed by atoms with Crippen LogP contribution in [0.2, 0.25) is 0 Å². The number of rotatable bonds is 7. The molecule has 1 aromatic rings. The maximum atomic E-state index is 12.2. The largest absolute Gasteiger partial charge is 0.309 e. The minimum absolute atomic E-state index is 0.0544. The molecule has 3 rings (SSSR count). The molecule has 0 aliphatic heterocycles. The summed E-state index contributed by atoms with van der Waals surface area (Å²) in [5, 5.41) is 3.68. The lowest BCUT2D eigenvalue weighted by molar-refractivity contribution is -0.0181. The van der Waals surface area contributed by atoms with E-state index >= 15 is 0 Å². The van der Waals surface area contributed by atoms with Gasteiger partial charge in [-0.05, 0) is 56.1 Å². The normalized spacial score (nSPS) is 22.8. The van der Waals surface area contributed by atoms with Crippen LogP contribution in [0.15, 0.2) is 24.3 Å². The van der Waals surface area contributed by atoms with Gasteiger partial charge in [0.05, 0.1) is 5.75 Å². The molecule has 2 fully saturated rings. The van der Waals surface area contributed by atoms with Crippen LogP contribution in [-0.2, 0) is 22.3 Å². The van der Waals surface area contributed by atoms with Gasteiger partial charge in [-0.15, -0.1) is 0 Å². The molecule has 2 N–H and O–H groups in total. The molecule has 4 nitrogen and oxygen atoms in total. The second kappa shape index (κ2) is 6.54. The van der Waals surface area contributed by atoms with Gasteiger partial charge in [0.25, 0.3) is 0 Å². The van der Waals surface area contributed by atoms with Crippen molar-refractivity contribution in [2.75, 3.05) is 0 Å². The molecular weight excluding hydrogens is 308 g/mol. The van der Waals surface area contributed by atoms with E-state index in [0.29, 0.717) is 11.5 Å². The van der Waals surface area contributed by atoms with E-state index in [1.165, 1.54) is 32.1 Å². The molecule has 2 aliphatic rings. The summed E-state index contributed by atoms with van der Waals surface area (Å²) in [5.41, 5.74) is 2.57. The monoisotopic (exact) mass is 336 g/mol. The van der Waals surface area contributed by atoms with E-state index in [-0.39, 0.29) is 11.8 Å². The first-order chi connectivity index (χ1) is 10.9. The van der Waals surface area contributed by atoms with Crippen LogP contribution < -0.4 is 10.0 Å². The van der Waals surface area contributed by atoms with Crippen LogP contribution in [0.5, 0.6) is 0 Å². The van der Waals surface area contributed by atoms with Gasteiger partial charge in [-0.25, -0.2) is 13.1 Å². The molecule has 0 amide bonds. The highest BCUT2D eigenvalue weighted by atomic mass is 32.2. The maximum Gasteiger partial charge on any atom is 0.216 e. The zero-order valence-electron chi connectivity index (χ0n) is 14.1. The van der Waals surface area contributed by atoms with Gasteiger partial charge in [0.1, 0.15) is 0 Å². The zero-order valence-corrected chi connectivity index (χ0v) is 15.0. The van der Waals surface area contributed by atoms with Crippen molar-refractivity contribution in [1.29, 1.82) is 0 Å². The van der Waals surface area contributed by atoms with Crippen LogP contribution in [0.3, 0.4) is 0 Å². The Hall–Kier alpha value is -0.910. The summed E-state index contributed by atoms with van der Waals surface area (Å²) in [7, 11) is -3.28. The molecule has 5 heteroatoms. The lowest BCUT2D eigenvalue weighted by Gasteiger charge is -2.56.